The first-order valence-corrected chi connectivity index (χ1v) is 6.33. The third-order valence-electron chi connectivity index (χ3n) is 3.13. The largest absolute Gasteiger partial charge is 0.323 e. The van der Waals surface area contributed by atoms with Crippen LogP contribution in [0, 0.1) is 0 Å². The summed E-state index contributed by atoms with van der Waals surface area (Å²) in [6, 6.07) is 5.41. The fourth-order valence-corrected chi connectivity index (χ4v) is 2.14. The number of rotatable bonds is 3. The fourth-order valence-electron chi connectivity index (χ4n) is 2.14. The van der Waals surface area contributed by atoms with Gasteiger partial charge in [0, 0.05) is 12.4 Å². The topological polar surface area (TPSA) is 71.8 Å². The van der Waals surface area contributed by atoms with E-state index in [2.05, 4.69) is 20.7 Å². The Balaban J connectivity index is 1.67. The van der Waals surface area contributed by atoms with Gasteiger partial charge in [0.15, 0.2) is 5.82 Å². The molecule has 3 rings (SSSR count). The Bertz CT molecular complexity index is 543. The second-order valence-corrected chi connectivity index (χ2v) is 4.49. The van der Waals surface area contributed by atoms with Crippen molar-refractivity contribution in [3.63, 3.8) is 0 Å². The highest BCUT2D eigenvalue weighted by Gasteiger charge is 2.21. The molecule has 6 nitrogen and oxygen atoms in total. The summed E-state index contributed by atoms with van der Waals surface area (Å²) in [6.45, 7) is 0.911. The van der Waals surface area contributed by atoms with Crippen LogP contribution in [0.3, 0.4) is 0 Å². The van der Waals surface area contributed by atoms with E-state index in [-0.39, 0.29) is 11.9 Å². The zero-order valence-corrected chi connectivity index (χ0v) is 10.4. The monoisotopic (exact) mass is 257 g/mol. The van der Waals surface area contributed by atoms with E-state index in [4.69, 9.17) is 0 Å². The highest BCUT2D eigenvalue weighted by molar-refractivity contribution is 5.94. The summed E-state index contributed by atoms with van der Waals surface area (Å²) in [5.74, 6) is 0.730. The van der Waals surface area contributed by atoms with Gasteiger partial charge in [-0.15, -0.1) is 0 Å². The van der Waals surface area contributed by atoms with Crippen LogP contribution in [0.25, 0.3) is 5.82 Å². The summed E-state index contributed by atoms with van der Waals surface area (Å²) in [4.78, 5) is 16.2. The van der Waals surface area contributed by atoms with Gasteiger partial charge >= 0.3 is 0 Å². The minimum Gasteiger partial charge on any atom is -0.323 e. The van der Waals surface area contributed by atoms with Crippen LogP contribution in [-0.2, 0) is 4.79 Å². The molecule has 0 bridgehead atoms. The van der Waals surface area contributed by atoms with Gasteiger partial charge in [-0.1, -0.05) is 0 Å². The molecule has 2 aromatic rings. The summed E-state index contributed by atoms with van der Waals surface area (Å²) >= 11 is 0. The molecule has 0 radical (unpaired) electrons. The smallest absolute Gasteiger partial charge is 0.241 e. The number of carbonyl (C=O) groups is 1. The summed E-state index contributed by atoms with van der Waals surface area (Å²) in [5.41, 5.74) is 0.703. The van der Waals surface area contributed by atoms with Gasteiger partial charge in [0.1, 0.15) is 0 Å². The first kappa shape index (κ1) is 11.9. The Labute approximate surface area is 110 Å². The molecule has 1 aliphatic rings. The third kappa shape index (κ3) is 2.63. The van der Waals surface area contributed by atoms with Crippen LogP contribution in [0.5, 0.6) is 0 Å². The lowest BCUT2D eigenvalue weighted by Gasteiger charge is -2.11. The maximum atomic E-state index is 11.9. The van der Waals surface area contributed by atoms with Gasteiger partial charge in [-0.05, 0) is 37.6 Å². The molecular weight excluding hydrogens is 242 g/mol. The number of anilines is 1. The van der Waals surface area contributed by atoms with Crippen molar-refractivity contribution in [3.05, 3.63) is 36.8 Å². The van der Waals surface area contributed by atoms with Crippen molar-refractivity contribution in [2.45, 2.75) is 18.9 Å². The summed E-state index contributed by atoms with van der Waals surface area (Å²) in [7, 11) is 0. The van der Waals surface area contributed by atoms with Gasteiger partial charge < -0.3 is 10.6 Å². The van der Waals surface area contributed by atoms with E-state index in [1.54, 1.807) is 17.1 Å². The molecule has 0 unspecified atom stereocenters. The third-order valence-corrected chi connectivity index (χ3v) is 3.13. The quantitative estimate of drug-likeness (QED) is 0.859. The second-order valence-electron chi connectivity index (χ2n) is 4.49. The molecule has 1 aliphatic heterocycles. The first-order chi connectivity index (χ1) is 9.33. The molecule has 3 heterocycles. The van der Waals surface area contributed by atoms with Crippen LogP contribution in [0.15, 0.2) is 36.8 Å². The number of hydrogen-bond acceptors (Lipinski definition) is 4. The van der Waals surface area contributed by atoms with Crippen LogP contribution in [-0.4, -0.2) is 33.3 Å². The number of hydrogen-bond donors (Lipinski definition) is 2. The Hall–Kier alpha value is -2.21. The first-order valence-electron chi connectivity index (χ1n) is 6.33. The van der Waals surface area contributed by atoms with Gasteiger partial charge in [0.2, 0.25) is 5.91 Å². The number of nitrogens with one attached hydrogen (secondary N) is 2. The molecule has 98 valence electrons. The molecule has 1 saturated heterocycles. The summed E-state index contributed by atoms with van der Waals surface area (Å²) in [5, 5.41) is 10.1. The minimum atomic E-state index is -0.0780. The second kappa shape index (κ2) is 5.19. The van der Waals surface area contributed by atoms with Crippen LogP contribution >= 0.6 is 0 Å². The number of carbonyl (C=O) groups excluding carboxylic acids is 1. The molecule has 1 atom stereocenters. The molecule has 0 aliphatic carbocycles. The molecule has 1 fully saturated rings. The van der Waals surface area contributed by atoms with E-state index in [9.17, 15) is 4.79 Å². The van der Waals surface area contributed by atoms with Crippen molar-refractivity contribution in [1.29, 1.82) is 0 Å². The van der Waals surface area contributed by atoms with Crippen molar-refractivity contribution in [1.82, 2.24) is 20.1 Å². The van der Waals surface area contributed by atoms with E-state index in [1.165, 1.54) is 0 Å². The lowest BCUT2D eigenvalue weighted by Crippen LogP contribution is -2.35. The highest BCUT2D eigenvalue weighted by atomic mass is 16.2. The lowest BCUT2D eigenvalue weighted by molar-refractivity contribution is -0.117. The molecule has 0 saturated carbocycles. The van der Waals surface area contributed by atoms with Gasteiger partial charge in [0.05, 0.1) is 17.9 Å². The van der Waals surface area contributed by atoms with Crippen molar-refractivity contribution < 1.29 is 4.79 Å². The molecule has 2 aromatic heterocycles. The van der Waals surface area contributed by atoms with Gasteiger partial charge in [-0.2, -0.15) is 5.10 Å². The molecule has 19 heavy (non-hydrogen) atoms. The summed E-state index contributed by atoms with van der Waals surface area (Å²) in [6.07, 6.45) is 7.11. The maximum Gasteiger partial charge on any atom is 0.241 e. The number of aromatic nitrogens is 3. The zero-order chi connectivity index (χ0) is 13.1. The molecule has 2 N–H and O–H groups in total. The average Bonchev–Trinajstić information content (AvgIpc) is 3.13. The number of pyridine rings is 1. The van der Waals surface area contributed by atoms with Gasteiger partial charge in [0.25, 0.3) is 0 Å². The lowest BCUT2D eigenvalue weighted by atomic mass is 10.2. The van der Waals surface area contributed by atoms with Crippen molar-refractivity contribution >= 4 is 11.6 Å². The molecular formula is C13H15N5O. The predicted octanol–water partition coefficient (Wildman–Crippen LogP) is 0.958. The van der Waals surface area contributed by atoms with Gasteiger partial charge in [-0.3, -0.25) is 4.79 Å². The van der Waals surface area contributed by atoms with E-state index >= 15 is 0 Å². The minimum absolute atomic E-state index is 0.00568. The standard InChI is InChI=1S/C13H15N5O/c19-13(11-3-1-6-14-11)17-10-4-5-12(15-9-10)18-8-2-7-16-18/h2,4-5,7-9,11,14H,1,3,6H2,(H,17,19)/t11-/m1/s1. The normalized spacial score (nSPS) is 18.4. The molecule has 6 heteroatoms. The Kier molecular flexibility index (Phi) is 3.24. The highest BCUT2D eigenvalue weighted by Crippen LogP contribution is 2.12. The van der Waals surface area contributed by atoms with E-state index in [0.29, 0.717) is 5.69 Å². The van der Waals surface area contributed by atoms with Crippen LogP contribution < -0.4 is 10.6 Å². The van der Waals surface area contributed by atoms with E-state index in [1.807, 2.05) is 24.4 Å². The number of nitrogens with zero attached hydrogens (tertiary/aromatic N) is 3. The maximum absolute atomic E-state index is 11.9. The Morgan fingerprint density at radius 1 is 1.47 bits per heavy atom. The van der Waals surface area contributed by atoms with E-state index in [0.717, 1.165) is 25.2 Å². The number of amides is 1. The van der Waals surface area contributed by atoms with Gasteiger partial charge in [-0.25, -0.2) is 9.67 Å². The average molecular weight is 257 g/mol. The molecule has 0 spiro atoms. The van der Waals surface area contributed by atoms with Crippen molar-refractivity contribution in [2.75, 3.05) is 11.9 Å². The van der Waals surface area contributed by atoms with Crippen LogP contribution in [0.2, 0.25) is 0 Å². The van der Waals surface area contributed by atoms with Crippen molar-refractivity contribution in [3.8, 4) is 5.82 Å². The fraction of sp³-hybridized carbons (Fsp3) is 0.308. The Morgan fingerprint density at radius 2 is 2.42 bits per heavy atom. The van der Waals surface area contributed by atoms with Crippen LogP contribution in [0.4, 0.5) is 5.69 Å². The molecule has 0 aromatic carbocycles. The van der Waals surface area contributed by atoms with E-state index < -0.39 is 0 Å². The Morgan fingerprint density at radius 3 is 3.05 bits per heavy atom. The van der Waals surface area contributed by atoms with Crippen molar-refractivity contribution in [2.24, 2.45) is 0 Å². The SMILES string of the molecule is O=C(Nc1ccc(-n2cccn2)nc1)[C@H]1CCCN1. The predicted molar refractivity (Wildman–Crippen MR) is 71.0 cm³/mol. The zero-order valence-electron chi connectivity index (χ0n) is 10.4. The summed E-state index contributed by atoms with van der Waals surface area (Å²) < 4.78 is 1.67. The van der Waals surface area contributed by atoms with Crippen LogP contribution in [0.1, 0.15) is 12.8 Å². The molecule has 1 amide bonds.